The summed E-state index contributed by atoms with van der Waals surface area (Å²) in [7, 11) is -3.37. The van der Waals surface area contributed by atoms with E-state index in [1.807, 2.05) is 24.3 Å². The monoisotopic (exact) mass is 447 g/mol. The molecule has 2 aromatic rings. The van der Waals surface area contributed by atoms with Gasteiger partial charge in [0.15, 0.2) is 0 Å². The summed E-state index contributed by atoms with van der Waals surface area (Å²) in [4.78, 5) is 27.4. The summed E-state index contributed by atoms with van der Waals surface area (Å²) in [5.74, 6) is -0.267. The molecule has 1 atom stereocenters. The molecule has 0 aliphatic carbocycles. The molecule has 2 amide bonds. The first-order chi connectivity index (χ1) is 14.4. The second kappa shape index (κ2) is 8.84. The minimum atomic E-state index is -3.37. The Kier molecular flexibility index (Phi) is 6.56. The summed E-state index contributed by atoms with van der Waals surface area (Å²) < 4.78 is 31.2. The number of carbonyl (C=O) groups is 2. The molecule has 1 saturated heterocycles. The molecule has 1 aliphatic rings. The van der Waals surface area contributed by atoms with Gasteiger partial charge in [0.05, 0.1) is 17.5 Å². The zero-order chi connectivity index (χ0) is 22.8. The highest BCUT2D eigenvalue weighted by atomic mass is 32.2. The van der Waals surface area contributed by atoms with Gasteiger partial charge in [0.25, 0.3) is 5.91 Å². The first-order valence-electron chi connectivity index (χ1n) is 10.2. The average molecular weight is 448 g/mol. The van der Waals surface area contributed by atoms with Crippen molar-refractivity contribution < 1.29 is 22.7 Å². The summed E-state index contributed by atoms with van der Waals surface area (Å²) in [6.45, 7) is 6.08. The number of hydrogen-bond acceptors (Lipinski definition) is 5. The molecule has 0 radical (unpaired) electrons. The summed E-state index contributed by atoms with van der Waals surface area (Å²) in [5, 5.41) is 4.45. The van der Waals surface area contributed by atoms with E-state index in [9.17, 15) is 18.0 Å². The van der Waals surface area contributed by atoms with Gasteiger partial charge < -0.3 is 9.64 Å². The van der Waals surface area contributed by atoms with Gasteiger partial charge in [0.2, 0.25) is 10.0 Å². The largest absolute Gasteiger partial charge is 0.444 e. The molecule has 1 unspecified atom stereocenters. The lowest BCUT2D eigenvalue weighted by atomic mass is 10.0. The topological polar surface area (TPSA) is 105 Å². The molecule has 2 N–H and O–H groups in total. The maximum atomic E-state index is 13.4. The molecule has 8 nitrogen and oxygen atoms in total. The van der Waals surface area contributed by atoms with E-state index in [2.05, 4.69) is 10.0 Å². The van der Waals surface area contributed by atoms with Crippen LogP contribution in [0.15, 0.2) is 36.4 Å². The number of likely N-dealkylation sites (tertiary alicyclic amines) is 1. The molecule has 0 saturated carbocycles. The van der Waals surface area contributed by atoms with Crippen LogP contribution >= 0.6 is 0 Å². The van der Waals surface area contributed by atoms with Crippen molar-refractivity contribution in [2.24, 2.45) is 0 Å². The third kappa shape index (κ3) is 6.41. The fraction of sp³-hybridized carbons (Fsp3) is 0.455. The molecule has 2 aromatic carbocycles. The Balaban J connectivity index is 1.91. The molecular formula is C22H29N3O5S. The number of piperidine rings is 1. The molecular weight excluding hydrogens is 418 g/mol. The highest BCUT2D eigenvalue weighted by molar-refractivity contribution is 7.88. The Morgan fingerprint density at radius 2 is 1.77 bits per heavy atom. The van der Waals surface area contributed by atoms with Crippen molar-refractivity contribution in [3.63, 3.8) is 0 Å². The lowest BCUT2D eigenvalue weighted by Crippen LogP contribution is -2.49. The zero-order valence-corrected chi connectivity index (χ0v) is 19.1. The van der Waals surface area contributed by atoms with Gasteiger partial charge in [0.1, 0.15) is 5.60 Å². The number of amides is 2. The van der Waals surface area contributed by atoms with Crippen LogP contribution in [0.25, 0.3) is 10.8 Å². The van der Waals surface area contributed by atoms with Gasteiger partial charge in [0, 0.05) is 19.1 Å². The van der Waals surface area contributed by atoms with Crippen LogP contribution in [-0.2, 0) is 14.8 Å². The number of fused-ring (bicyclic) bond motifs is 1. The molecule has 1 heterocycles. The van der Waals surface area contributed by atoms with Crippen molar-refractivity contribution in [1.29, 1.82) is 0 Å². The van der Waals surface area contributed by atoms with E-state index in [1.54, 1.807) is 37.8 Å². The second-order valence-electron chi connectivity index (χ2n) is 8.85. The van der Waals surface area contributed by atoms with Crippen molar-refractivity contribution in [2.75, 3.05) is 24.7 Å². The van der Waals surface area contributed by atoms with Crippen LogP contribution < -0.4 is 10.0 Å². The van der Waals surface area contributed by atoms with Crippen molar-refractivity contribution in [3.8, 4) is 0 Å². The third-order valence-electron chi connectivity index (χ3n) is 4.84. The first kappa shape index (κ1) is 23.0. The summed E-state index contributed by atoms with van der Waals surface area (Å²) in [6.07, 6.45) is 1.81. The van der Waals surface area contributed by atoms with Gasteiger partial charge in [-0.25, -0.2) is 17.9 Å². The Hall–Kier alpha value is -2.65. The van der Waals surface area contributed by atoms with Crippen LogP contribution in [-0.4, -0.2) is 56.3 Å². The predicted molar refractivity (Wildman–Crippen MR) is 121 cm³/mol. The minimum absolute atomic E-state index is 0.267. The molecule has 0 spiro atoms. The number of rotatable bonds is 4. The standard InChI is InChI=1S/C22H29N3O5S/c1-22(2,3)30-21(27)23-19-13-16-9-6-5-8-15(16)12-18(19)20(26)25-11-7-10-17(14-25)24-31(4,28)29/h5-6,8-9,12-13,17,24H,7,10-11,14H2,1-4H3,(H,23,27). The van der Waals surface area contributed by atoms with Gasteiger partial charge in [-0.05, 0) is 56.5 Å². The molecule has 0 aromatic heterocycles. The number of nitrogens with one attached hydrogen (secondary N) is 2. The number of carbonyl (C=O) groups excluding carboxylic acids is 2. The van der Waals surface area contributed by atoms with Gasteiger partial charge in [-0.15, -0.1) is 0 Å². The summed E-state index contributed by atoms with van der Waals surface area (Å²) in [5.41, 5.74) is 0.0170. The van der Waals surface area contributed by atoms with Crippen LogP contribution in [0.2, 0.25) is 0 Å². The number of anilines is 1. The molecule has 168 valence electrons. The van der Waals surface area contributed by atoms with Gasteiger partial charge in [-0.2, -0.15) is 0 Å². The van der Waals surface area contributed by atoms with E-state index in [0.717, 1.165) is 17.0 Å². The lowest BCUT2D eigenvalue weighted by molar-refractivity contribution is 0.0636. The van der Waals surface area contributed by atoms with Crippen molar-refractivity contribution in [2.45, 2.75) is 45.3 Å². The number of sulfonamides is 1. The van der Waals surface area contributed by atoms with E-state index in [4.69, 9.17) is 4.74 Å². The highest BCUT2D eigenvalue weighted by Crippen LogP contribution is 2.27. The first-order valence-corrected chi connectivity index (χ1v) is 12.1. The number of benzene rings is 2. The predicted octanol–water partition coefficient (Wildman–Crippen LogP) is 3.34. The Morgan fingerprint density at radius 1 is 1.13 bits per heavy atom. The fourth-order valence-corrected chi connectivity index (χ4v) is 4.46. The molecule has 31 heavy (non-hydrogen) atoms. The SMILES string of the molecule is CC(C)(C)OC(=O)Nc1cc2ccccc2cc1C(=O)N1CCCC(NS(C)(=O)=O)C1. The van der Waals surface area contributed by atoms with Gasteiger partial charge in [-0.3, -0.25) is 10.1 Å². The maximum absolute atomic E-state index is 13.4. The fourth-order valence-electron chi connectivity index (χ4n) is 3.67. The zero-order valence-electron chi connectivity index (χ0n) is 18.3. The molecule has 3 rings (SSSR count). The van der Waals surface area contributed by atoms with Gasteiger partial charge >= 0.3 is 6.09 Å². The molecule has 1 aliphatic heterocycles. The van der Waals surface area contributed by atoms with E-state index in [-0.39, 0.29) is 18.5 Å². The van der Waals surface area contributed by atoms with Gasteiger partial charge in [-0.1, -0.05) is 24.3 Å². The third-order valence-corrected chi connectivity index (χ3v) is 5.60. The lowest BCUT2D eigenvalue weighted by Gasteiger charge is -2.33. The van der Waals surface area contributed by atoms with Crippen LogP contribution in [0, 0.1) is 0 Å². The van der Waals surface area contributed by atoms with Crippen LogP contribution in [0.1, 0.15) is 44.0 Å². The minimum Gasteiger partial charge on any atom is -0.444 e. The molecule has 9 heteroatoms. The molecule has 1 fully saturated rings. The molecule has 0 bridgehead atoms. The Bertz CT molecular complexity index is 1090. The Labute approximate surface area is 183 Å². The van der Waals surface area contributed by atoms with E-state index >= 15 is 0 Å². The van der Waals surface area contributed by atoms with E-state index < -0.39 is 21.7 Å². The smallest absolute Gasteiger partial charge is 0.412 e. The quantitative estimate of drug-likeness (QED) is 0.748. The van der Waals surface area contributed by atoms with Crippen molar-refractivity contribution in [1.82, 2.24) is 9.62 Å². The number of nitrogens with zero attached hydrogens (tertiary/aromatic N) is 1. The van der Waals surface area contributed by atoms with E-state index in [0.29, 0.717) is 30.6 Å². The number of ether oxygens (including phenoxy) is 1. The second-order valence-corrected chi connectivity index (χ2v) is 10.6. The summed E-state index contributed by atoms with van der Waals surface area (Å²) >= 11 is 0. The summed E-state index contributed by atoms with van der Waals surface area (Å²) in [6, 6.07) is 10.7. The van der Waals surface area contributed by atoms with Crippen LogP contribution in [0.4, 0.5) is 10.5 Å². The van der Waals surface area contributed by atoms with Crippen LogP contribution in [0.5, 0.6) is 0 Å². The average Bonchev–Trinajstić information content (AvgIpc) is 2.64. The van der Waals surface area contributed by atoms with Crippen molar-refractivity contribution in [3.05, 3.63) is 42.0 Å². The van der Waals surface area contributed by atoms with E-state index in [1.165, 1.54) is 0 Å². The normalized spacial score (nSPS) is 17.4. The van der Waals surface area contributed by atoms with Crippen LogP contribution in [0.3, 0.4) is 0 Å². The maximum Gasteiger partial charge on any atom is 0.412 e. The van der Waals surface area contributed by atoms with Crippen molar-refractivity contribution >= 4 is 38.5 Å². The highest BCUT2D eigenvalue weighted by Gasteiger charge is 2.28. The Morgan fingerprint density at radius 3 is 2.39 bits per heavy atom. The number of hydrogen-bond donors (Lipinski definition) is 2.